The van der Waals surface area contributed by atoms with E-state index in [0.717, 1.165) is 0 Å². The van der Waals surface area contributed by atoms with Gasteiger partial charge in [-0.3, -0.25) is 19.2 Å². The monoisotopic (exact) mass is 332 g/mol. The van der Waals surface area contributed by atoms with E-state index in [0.29, 0.717) is 0 Å². The number of amides is 3. The fourth-order valence-electron chi connectivity index (χ4n) is 1.69. The van der Waals surface area contributed by atoms with E-state index in [4.69, 9.17) is 16.6 Å². The van der Waals surface area contributed by atoms with Gasteiger partial charge in [-0.15, -0.1) is 0 Å². The number of primary amides is 1. The van der Waals surface area contributed by atoms with Gasteiger partial charge in [-0.1, -0.05) is 13.8 Å². The molecule has 0 heterocycles. The zero-order chi connectivity index (χ0) is 18.3. The summed E-state index contributed by atoms with van der Waals surface area (Å²) in [6, 6.07) is -3.79. The summed E-state index contributed by atoms with van der Waals surface area (Å²) in [6.07, 6.45) is -1.90. The van der Waals surface area contributed by atoms with E-state index in [2.05, 4.69) is 10.6 Å². The van der Waals surface area contributed by atoms with Crippen LogP contribution in [0.15, 0.2) is 0 Å². The normalized spacial score (nSPS) is 16.1. The molecule has 132 valence electrons. The maximum atomic E-state index is 12.1. The summed E-state index contributed by atoms with van der Waals surface area (Å²) in [7, 11) is 0. The molecule has 0 aromatic carbocycles. The first kappa shape index (κ1) is 20.8. The van der Waals surface area contributed by atoms with Gasteiger partial charge in [-0.25, -0.2) is 0 Å². The van der Waals surface area contributed by atoms with Crippen LogP contribution < -0.4 is 22.1 Å². The summed E-state index contributed by atoms with van der Waals surface area (Å²) in [5.41, 5.74) is 10.6. The largest absolute Gasteiger partial charge is 0.481 e. The third kappa shape index (κ3) is 7.06. The quantitative estimate of drug-likeness (QED) is 0.265. The summed E-state index contributed by atoms with van der Waals surface area (Å²) in [6.45, 7) is 4.56. The van der Waals surface area contributed by atoms with Gasteiger partial charge in [0.15, 0.2) is 0 Å². The van der Waals surface area contributed by atoms with E-state index in [-0.39, 0.29) is 5.92 Å². The first-order valence-electron chi connectivity index (χ1n) is 7.02. The van der Waals surface area contributed by atoms with Gasteiger partial charge in [0.2, 0.25) is 17.7 Å². The highest BCUT2D eigenvalue weighted by Crippen LogP contribution is 2.03. The molecule has 0 aromatic rings. The van der Waals surface area contributed by atoms with Crippen molar-refractivity contribution in [1.82, 2.24) is 10.6 Å². The minimum Gasteiger partial charge on any atom is -0.481 e. The van der Waals surface area contributed by atoms with E-state index in [9.17, 15) is 24.3 Å². The van der Waals surface area contributed by atoms with Gasteiger partial charge in [0.05, 0.1) is 12.5 Å². The zero-order valence-electron chi connectivity index (χ0n) is 13.3. The van der Waals surface area contributed by atoms with Crippen LogP contribution in [0.1, 0.15) is 27.2 Å². The Kier molecular flexibility index (Phi) is 8.19. The third-order valence-corrected chi connectivity index (χ3v) is 3.11. The van der Waals surface area contributed by atoms with E-state index in [1.807, 2.05) is 0 Å². The molecule has 0 aliphatic heterocycles. The van der Waals surface area contributed by atoms with Gasteiger partial charge in [-0.2, -0.15) is 0 Å². The minimum atomic E-state index is -1.45. The molecule has 10 nitrogen and oxygen atoms in total. The Bertz CT molecular complexity index is 465. The number of carbonyl (C=O) groups excluding carboxylic acids is 3. The van der Waals surface area contributed by atoms with E-state index in [1.165, 1.54) is 6.92 Å². The Labute approximate surface area is 133 Å². The van der Waals surface area contributed by atoms with Gasteiger partial charge in [0.1, 0.15) is 18.1 Å². The van der Waals surface area contributed by atoms with Crippen molar-refractivity contribution in [2.24, 2.45) is 17.4 Å². The fourth-order valence-corrected chi connectivity index (χ4v) is 1.69. The first-order valence-corrected chi connectivity index (χ1v) is 7.02. The van der Waals surface area contributed by atoms with Crippen molar-refractivity contribution in [3.05, 3.63) is 0 Å². The summed E-state index contributed by atoms with van der Waals surface area (Å²) in [4.78, 5) is 46.0. The van der Waals surface area contributed by atoms with Crippen molar-refractivity contribution in [3.63, 3.8) is 0 Å². The average Bonchev–Trinajstić information content (AvgIpc) is 2.41. The Morgan fingerprint density at radius 1 is 1.04 bits per heavy atom. The highest BCUT2D eigenvalue weighted by atomic mass is 16.4. The number of carboxylic acids is 1. The van der Waals surface area contributed by atoms with Crippen molar-refractivity contribution >= 4 is 23.7 Å². The van der Waals surface area contributed by atoms with Crippen molar-refractivity contribution in [3.8, 4) is 0 Å². The Morgan fingerprint density at radius 2 is 1.57 bits per heavy atom. The summed E-state index contributed by atoms with van der Waals surface area (Å²) in [5, 5.41) is 22.5. The predicted octanol–water partition coefficient (Wildman–Crippen LogP) is -2.72. The van der Waals surface area contributed by atoms with Gasteiger partial charge in [0, 0.05) is 0 Å². The maximum absolute atomic E-state index is 12.1. The molecule has 3 amide bonds. The Balaban J connectivity index is 5.09. The molecule has 0 aliphatic carbocycles. The molecule has 0 bridgehead atoms. The van der Waals surface area contributed by atoms with E-state index in [1.54, 1.807) is 13.8 Å². The number of aliphatic carboxylic acids is 1. The molecule has 0 spiro atoms. The van der Waals surface area contributed by atoms with Gasteiger partial charge >= 0.3 is 5.97 Å². The number of nitrogens with two attached hydrogens (primary N) is 2. The molecule has 0 unspecified atom stereocenters. The second-order valence-electron chi connectivity index (χ2n) is 5.56. The molecule has 23 heavy (non-hydrogen) atoms. The van der Waals surface area contributed by atoms with Crippen LogP contribution >= 0.6 is 0 Å². The fraction of sp³-hybridized carbons (Fsp3) is 0.692. The summed E-state index contributed by atoms with van der Waals surface area (Å²) >= 11 is 0. The molecule has 4 atom stereocenters. The molecular formula is C13H24N4O6. The molecule has 0 aromatic heterocycles. The molecular weight excluding hydrogens is 308 g/mol. The number of hydrogen-bond donors (Lipinski definition) is 6. The lowest BCUT2D eigenvalue weighted by Gasteiger charge is -2.24. The number of aliphatic hydroxyl groups excluding tert-OH is 1. The second kappa shape index (κ2) is 9.06. The smallest absolute Gasteiger partial charge is 0.305 e. The van der Waals surface area contributed by atoms with Crippen LogP contribution in [0, 0.1) is 5.92 Å². The molecule has 0 radical (unpaired) electrons. The van der Waals surface area contributed by atoms with Gasteiger partial charge < -0.3 is 32.3 Å². The van der Waals surface area contributed by atoms with Crippen LogP contribution in [0.5, 0.6) is 0 Å². The van der Waals surface area contributed by atoms with Crippen LogP contribution in [0.3, 0.4) is 0 Å². The number of carbonyl (C=O) groups is 4. The predicted molar refractivity (Wildman–Crippen MR) is 79.8 cm³/mol. The average molecular weight is 332 g/mol. The Hall–Kier alpha value is -2.20. The second-order valence-corrected chi connectivity index (χ2v) is 5.56. The van der Waals surface area contributed by atoms with Gasteiger partial charge in [0.25, 0.3) is 0 Å². The van der Waals surface area contributed by atoms with Crippen molar-refractivity contribution in [2.75, 3.05) is 0 Å². The lowest BCUT2D eigenvalue weighted by atomic mass is 10.0. The van der Waals surface area contributed by atoms with Crippen LogP contribution in [-0.4, -0.2) is 58.1 Å². The minimum absolute atomic E-state index is 0.322. The molecule has 0 saturated carbocycles. The van der Waals surface area contributed by atoms with Crippen LogP contribution in [-0.2, 0) is 19.2 Å². The van der Waals surface area contributed by atoms with Crippen molar-refractivity contribution < 1.29 is 29.4 Å². The van der Waals surface area contributed by atoms with Crippen LogP contribution in [0.4, 0.5) is 0 Å². The Morgan fingerprint density at radius 3 is 1.91 bits per heavy atom. The number of carboxylic acid groups (broad SMARTS) is 1. The summed E-state index contributed by atoms with van der Waals surface area (Å²) in [5.74, 6) is -4.21. The standard InChI is InChI=1S/C13H24N4O6/c1-5(2)10(11(15)21)17-12(22)7(4-8(19)20)16-13(23)9(14)6(3)18/h5-7,9-10,18H,4,14H2,1-3H3,(H2,15,21)(H,16,23)(H,17,22)(H,19,20)/t6-,7+,9+,10+/m1/s1. The molecule has 8 N–H and O–H groups in total. The molecule has 0 saturated heterocycles. The molecule has 10 heteroatoms. The number of nitrogens with one attached hydrogen (secondary N) is 2. The molecule has 0 fully saturated rings. The lowest BCUT2D eigenvalue weighted by molar-refractivity contribution is -0.141. The number of aliphatic hydroxyl groups is 1. The topological polar surface area (TPSA) is 185 Å². The molecule has 0 aliphatic rings. The highest BCUT2D eigenvalue weighted by molar-refractivity contribution is 5.94. The highest BCUT2D eigenvalue weighted by Gasteiger charge is 2.30. The third-order valence-electron chi connectivity index (χ3n) is 3.11. The SMILES string of the molecule is CC(C)[C@H](NC(=O)[C@H](CC(=O)O)NC(=O)[C@@H](N)[C@@H](C)O)C(N)=O. The van der Waals surface area contributed by atoms with Gasteiger partial charge in [-0.05, 0) is 12.8 Å². The van der Waals surface area contributed by atoms with E-state index >= 15 is 0 Å². The maximum Gasteiger partial charge on any atom is 0.305 e. The van der Waals surface area contributed by atoms with Crippen LogP contribution in [0.2, 0.25) is 0 Å². The number of hydrogen-bond acceptors (Lipinski definition) is 6. The van der Waals surface area contributed by atoms with E-state index < -0.39 is 54.3 Å². The molecule has 0 rings (SSSR count). The number of rotatable bonds is 9. The zero-order valence-corrected chi connectivity index (χ0v) is 13.3. The lowest BCUT2D eigenvalue weighted by Crippen LogP contribution is -2.58. The first-order chi connectivity index (χ1) is 10.5. The summed E-state index contributed by atoms with van der Waals surface area (Å²) < 4.78 is 0. The van der Waals surface area contributed by atoms with Crippen molar-refractivity contribution in [1.29, 1.82) is 0 Å². The van der Waals surface area contributed by atoms with Crippen LogP contribution in [0.25, 0.3) is 0 Å². The van der Waals surface area contributed by atoms with Crippen molar-refractivity contribution in [2.45, 2.75) is 51.4 Å².